The first kappa shape index (κ1) is 13.0. The maximum absolute atomic E-state index is 5.15. The van der Waals surface area contributed by atoms with Crippen LogP contribution in [0.3, 0.4) is 0 Å². The minimum atomic E-state index is 0.939. The van der Waals surface area contributed by atoms with Gasteiger partial charge in [-0.3, -0.25) is 0 Å². The van der Waals surface area contributed by atoms with Gasteiger partial charge in [0.2, 0.25) is 0 Å². The van der Waals surface area contributed by atoms with E-state index in [4.69, 9.17) is 4.74 Å². The summed E-state index contributed by atoms with van der Waals surface area (Å²) < 4.78 is 6.27. The SMILES string of the molecule is COCCC1CCC(C[N+](C)(C)C)CC1. The Morgan fingerprint density at radius 1 is 1.00 bits per heavy atom. The Labute approximate surface area is 95.2 Å². The fraction of sp³-hybridized carbons (Fsp3) is 1.00. The van der Waals surface area contributed by atoms with Gasteiger partial charge < -0.3 is 9.22 Å². The first-order chi connectivity index (χ1) is 7.01. The van der Waals surface area contributed by atoms with Gasteiger partial charge >= 0.3 is 0 Å². The Morgan fingerprint density at radius 3 is 2.00 bits per heavy atom. The van der Waals surface area contributed by atoms with E-state index >= 15 is 0 Å². The molecule has 1 fully saturated rings. The number of rotatable bonds is 5. The summed E-state index contributed by atoms with van der Waals surface area (Å²) in [6, 6.07) is 0. The first-order valence-electron chi connectivity index (χ1n) is 6.30. The maximum atomic E-state index is 5.15. The van der Waals surface area contributed by atoms with Gasteiger partial charge in [-0.15, -0.1) is 0 Å². The van der Waals surface area contributed by atoms with Crippen molar-refractivity contribution in [1.82, 2.24) is 0 Å². The highest BCUT2D eigenvalue weighted by Crippen LogP contribution is 2.31. The maximum Gasteiger partial charge on any atom is 0.0809 e. The van der Waals surface area contributed by atoms with Crippen molar-refractivity contribution in [3.05, 3.63) is 0 Å². The van der Waals surface area contributed by atoms with Gasteiger partial charge in [0.05, 0.1) is 27.7 Å². The molecule has 1 rings (SSSR count). The lowest BCUT2D eigenvalue weighted by molar-refractivity contribution is -0.874. The van der Waals surface area contributed by atoms with Crippen LogP contribution in [0.2, 0.25) is 0 Å². The van der Waals surface area contributed by atoms with E-state index < -0.39 is 0 Å². The smallest absolute Gasteiger partial charge is 0.0809 e. The van der Waals surface area contributed by atoms with Crippen LogP contribution in [0.15, 0.2) is 0 Å². The molecule has 0 spiro atoms. The molecule has 0 heterocycles. The second kappa shape index (κ2) is 5.86. The summed E-state index contributed by atoms with van der Waals surface area (Å²) in [7, 11) is 8.72. The number of nitrogens with zero attached hydrogens (tertiary/aromatic N) is 1. The van der Waals surface area contributed by atoms with Crippen LogP contribution in [0.4, 0.5) is 0 Å². The molecule has 0 amide bonds. The van der Waals surface area contributed by atoms with Crippen molar-refractivity contribution in [2.75, 3.05) is 41.4 Å². The van der Waals surface area contributed by atoms with Gasteiger partial charge in [-0.25, -0.2) is 0 Å². The van der Waals surface area contributed by atoms with Crippen molar-refractivity contribution in [1.29, 1.82) is 0 Å². The monoisotopic (exact) mass is 214 g/mol. The molecule has 0 aromatic rings. The molecule has 2 heteroatoms. The zero-order valence-corrected chi connectivity index (χ0v) is 11.0. The molecule has 0 saturated heterocycles. The van der Waals surface area contributed by atoms with Crippen LogP contribution in [0, 0.1) is 11.8 Å². The van der Waals surface area contributed by atoms with E-state index in [1.165, 1.54) is 38.6 Å². The van der Waals surface area contributed by atoms with Crippen LogP contribution in [0.25, 0.3) is 0 Å². The van der Waals surface area contributed by atoms with Crippen molar-refractivity contribution in [3.63, 3.8) is 0 Å². The molecular weight excluding hydrogens is 186 g/mol. The molecule has 0 radical (unpaired) electrons. The first-order valence-corrected chi connectivity index (χ1v) is 6.30. The van der Waals surface area contributed by atoms with Gasteiger partial charge in [-0.05, 0) is 38.0 Å². The summed E-state index contributed by atoms with van der Waals surface area (Å²) in [5, 5.41) is 0. The van der Waals surface area contributed by atoms with E-state index in [-0.39, 0.29) is 0 Å². The van der Waals surface area contributed by atoms with E-state index in [9.17, 15) is 0 Å². The molecule has 0 N–H and O–H groups in total. The normalized spacial score (nSPS) is 28.0. The number of hydrogen-bond donors (Lipinski definition) is 0. The molecule has 2 nitrogen and oxygen atoms in total. The van der Waals surface area contributed by atoms with Gasteiger partial charge in [-0.1, -0.05) is 0 Å². The largest absolute Gasteiger partial charge is 0.385 e. The lowest BCUT2D eigenvalue weighted by Crippen LogP contribution is -2.40. The highest BCUT2D eigenvalue weighted by molar-refractivity contribution is 4.72. The Bertz CT molecular complexity index is 166. The minimum Gasteiger partial charge on any atom is -0.385 e. The molecule has 0 atom stereocenters. The fourth-order valence-corrected chi connectivity index (χ4v) is 2.76. The van der Waals surface area contributed by atoms with E-state index in [1.54, 1.807) is 0 Å². The second-order valence-corrected chi connectivity index (χ2v) is 6.14. The van der Waals surface area contributed by atoms with Gasteiger partial charge in [-0.2, -0.15) is 0 Å². The van der Waals surface area contributed by atoms with Crippen LogP contribution in [-0.4, -0.2) is 45.9 Å². The van der Waals surface area contributed by atoms with Gasteiger partial charge in [0.25, 0.3) is 0 Å². The highest BCUT2D eigenvalue weighted by Gasteiger charge is 2.24. The summed E-state index contributed by atoms with van der Waals surface area (Å²) in [4.78, 5) is 0. The van der Waals surface area contributed by atoms with E-state index in [0.717, 1.165) is 22.9 Å². The predicted octanol–water partition coefficient (Wildman–Crippen LogP) is 2.54. The highest BCUT2D eigenvalue weighted by atomic mass is 16.5. The summed E-state index contributed by atoms with van der Waals surface area (Å²) >= 11 is 0. The summed E-state index contributed by atoms with van der Waals surface area (Å²) in [5.74, 6) is 1.90. The van der Waals surface area contributed by atoms with Crippen LogP contribution in [-0.2, 0) is 4.74 Å². The summed E-state index contributed by atoms with van der Waals surface area (Å²) in [6.45, 7) is 2.29. The van der Waals surface area contributed by atoms with E-state index in [0.29, 0.717) is 0 Å². The third kappa shape index (κ3) is 5.53. The van der Waals surface area contributed by atoms with Crippen LogP contribution in [0.5, 0.6) is 0 Å². The van der Waals surface area contributed by atoms with Crippen molar-refractivity contribution >= 4 is 0 Å². The lowest BCUT2D eigenvalue weighted by atomic mass is 9.80. The summed E-state index contributed by atoms with van der Waals surface area (Å²) in [5.41, 5.74) is 0. The standard InChI is InChI=1S/C13H28NO/c1-14(2,3)11-13-7-5-12(6-8-13)9-10-15-4/h12-13H,5-11H2,1-4H3/q+1. The minimum absolute atomic E-state index is 0.939. The Kier molecular flexibility index (Phi) is 5.07. The van der Waals surface area contributed by atoms with Crippen molar-refractivity contribution in [3.8, 4) is 0 Å². The van der Waals surface area contributed by atoms with Crippen LogP contribution >= 0.6 is 0 Å². The Balaban J connectivity index is 2.18. The molecule has 90 valence electrons. The van der Waals surface area contributed by atoms with Crippen LogP contribution < -0.4 is 0 Å². The Hall–Kier alpha value is -0.0800. The number of methoxy groups -OCH3 is 1. The number of ether oxygens (including phenoxy) is 1. The van der Waals surface area contributed by atoms with Gasteiger partial charge in [0, 0.05) is 19.6 Å². The lowest BCUT2D eigenvalue weighted by Gasteiger charge is -2.33. The molecule has 15 heavy (non-hydrogen) atoms. The van der Waals surface area contributed by atoms with Crippen molar-refractivity contribution < 1.29 is 9.22 Å². The van der Waals surface area contributed by atoms with E-state index in [2.05, 4.69) is 21.1 Å². The third-order valence-corrected chi connectivity index (χ3v) is 3.50. The fourth-order valence-electron chi connectivity index (χ4n) is 2.76. The number of quaternary nitrogens is 1. The quantitative estimate of drug-likeness (QED) is 0.639. The molecule has 1 aliphatic rings. The molecule has 0 aliphatic heterocycles. The molecule has 1 saturated carbocycles. The molecule has 0 unspecified atom stereocenters. The topological polar surface area (TPSA) is 9.23 Å². The molecule has 0 aromatic carbocycles. The van der Waals surface area contributed by atoms with Crippen molar-refractivity contribution in [2.45, 2.75) is 32.1 Å². The van der Waals surface area contributed by atoms with E-state index in [1.807, 2.05) is 7.11 Å². The second-order valence-electron chi connectivity index (χ2n) is 6.14. The average Bonchev–Trinajstić information content (AvgIpc) is 2.14. The Morgan fingerprint density at radius 2 is 1.53 bits per heavy atom. The van der Waals surface area contributed by atoms with Gasteiger partial charge in [0.15, 0.2) is 0 Å². The zero-order chi connectivity index (χ0) is 11.3. The van der Waals surface area contributed by atoms with Crippen molar-refractivity contribution in [2.24, 2.45) is 11.8 Å². The van der Waals surface area contributed by atoms with Crippen LogP contribution in [0.1, 0.15) is 32.1 Å². The molecule has 1 aliphatic carbocycles. The predicted molar refractivity (Wildman–Crippen MR) is 64.8 cm³/mol. The van der Waals surface area contributed by atoms with Gasteiger partial charge in [0.1, 0.15) is 0 Å². The average molecular weight is 214 g/mol. The molecule has 0 aromatic heterocycles. The molecule has 0 bridgehead atoms. The summed E-state index contributed by atoms with van der Waals surface area (Å²) in [6.07, 6.45) is 6.99. The zero-order valence-electron chi connectivity index (χ0n) is 11.0. The third-order valence-electron chi connectivity index (χ3n) is 3.50. The molecular formula is C13H28NO+. The number of hydrogen-bond acceptors (Lipinski definition) is 1.